The summed E-state index contributed by atoms with van der Waals surface area (Å²) < 4.78 is 0. The number of benzene rings is 1. The summed E-state index contributed by atoms with van der Waals surface area (Å²) in [5.74, 6) is 0.421. The lowest BCUT2D eigenvalue weighted by molar-refractivity contribution is -0.384. The molecule has 2 aromatic rings. The summed E-state index contributed by atoms with van der Waals surface area (Å²) in [5, 5.41) is 13.6. The van der Waals surface area contributed by atoms with Crippen molar-refractivity contribution in [2.24, 2.45) is 0 Å². The Morgan fingerprint density at radius 2 is 2.28 bits per heavy atom. The highest BCUT2D eigenvalue weighted by Crippen LogP contribution is 2.31. The third-order valence-electron chi connectivity index (χ3n) is 2.11. The van der Waals surface area contributed by atoms with Crippen molar-refractivity contribution < 1.29 is 4.92 Å². The summed E-state index contributed by atoms with van der Waals surface area (Å²) in [6, 6.07) is 9.71. The van der Waals surface area contributed by atoms with Gasteiger partial charge < -0.3 is 5.32 Å². The summed E-state index contributed by atoms with van der Waals surface area (Å²) >= 11 is 5.76. The van der Waals surface area contributed by atoms with E-state index in [0.29, 0.717) is 11.5 Å². The second kappa shape index (κ2) is 4.97. The first kappa shape index (κ1) is 12.3. The van der Waals surface area contributed by atoms with E-state index in [4.69, 9.17) is 11.6 Å². The number of aromatic nitrogens is 2. The number of nitro groups is 1. The predicted molar refractivity (Wildman–Crippen MR) is 67.0 cm³/mol. The molecule has 0 bridgehead atoms. The number of hydrogen-bond donors (Lipinski definition) is 1. The van der Waals surface area contributed by atoms with E-state index < -0.39 is 4.92 Å². The second-order valence-corrected chi connectivity index (χ2v) is 3.79. The Balaban J connectivity index is 2.46. The van der Waals surface area contributed by atoms with E-state index >= 15 is 0 Å². The van der Waals surface area contributed by atoms with Gasteiger partial charge in [0.05, 0.1) is 4.92 Å². The summed E-state index contributed by atoms with van der Waals surface area (Å²) in [4.78, 5) is 18.1. The van der Waals surface area contributed by atoms with E-state index in [-0.39, 0.29) is 16.7 Å². The molecule has 1 aromatic heterocycles. The molecule has 0 saturated carbocycles. The fourth-order valence-electron chi connectivity index (χ4n) is 1.39. The molecule has 0 aliphatic carbocycles. The van der Waals surface area contributed by atoms with Crippen molar-refractivity contribution in [1.82, 2.24) is 9.97 Å². The van der Waals surface area contributed by atoms with Gasteiger partial charge in [0.15, 0.2) is 0 Å². The standard InChI is InChI=1S/C11H8ClN4O2/c1-7-13-10(12)9(16(17)18)11(14-7)15-8-5-3-2-4-6-8/h2-3,5-6H,1H3,(H,13,14,15). The molecule has 1 N–H and O–H groups in total. The third kappa shape index (κ3) is 2.54. The first-order chi connectivity index (χ1) is 8.58. The average Bonchev–Trinajstić information content (AvgIpc) is 2.28. The number of hydrogen-bond acceptors (Lipinski definition) is 5. The van der Waals surface area contributed by atoms with Crippen molar-refractivity contribution >= 4 is 28.8 Å². The molecule has 1 heterocycles. The minimum absolute atomic E-state index is 0.0668. The van der Waals surface area contributed by atoms with Gasteiger partial charge in [-0.3, -0.25) is 10.1 Å². The van der Waals surface area contributed by atoms with Crippen LogP contribution in [0, 0.1) is 23.1 Å². The molecular formula is C11H8ClN4O2. The molecule has 0 aliphatic rings. The molecule has 6 nitrogen and oxygen atoms in total. The van der Waals surface area contributed by atoms with Crippen LogP contribution in [-0.4, -0.2) is 14.9 Å². The average molecular weight is 264 g/mol. The SMILES string of the molecule is Cc1nc(Cl)c([N+](=O)[O-])c(Nc2c[c]ccc2)n1. The fourth-order valence-corrected chi connectivity index (χ4v) is 1.67. The number of nitrogens with one attached hydrogen (secondary N) is 1. The lowest BCUT2D eigenvalue weighted by atomic mass is 10.3. The topological polar surface area (TPSA) is 81.0 Å². The summed E-state index contributed by atoms with van der Waals surface area (Å²) in [6.07, 6.45) is 0. The van der Waals surface area contributed by atoms with Gasteiger partial charge in [0.25, 0.3) is 0 Å². The molecule has 7 heteroatoms. The summed E-state index contributed by atoms with van der Waals surface area (Å²) in [6.45, 7) is 1.61. The maximum absolute atomic E-state index is 10.9. The van der Waals surface area contributed by atoms with E-state index in [9.17, 15) is 10.1 Å². The van der Waals surface area contributed by atoms with Gasteiger partial charge in [0, 0.05) is 5.69 Å². The van der Waals surface area contributed by atoms with E-state index in [0.717, 1.165) is 0 Å². The lowest BCUT2D eigenvalue weighted by Crippen LogP contribution is -2.03. The van der Waals surface area contributed by atoms with Gasteiger partial charge >= 0.3 is 5.69 Å². The largest absolute Gasteiger partial charge is 0.348 e. The maximum Gasteiger partial charge on any atom is 0.348 e. The van der Waals surface area contributed by atoms with Crippen molar-refractivity contribution in [3.63, 3.8) is 0 Å². The predicted octanol–water partition coefficient (Wildman–Crippen LogP) is 2.89. The number of anilines is 2. The minimum Gasteiger partial charge on any atom is -0.334 e. The zero-order valence-corrected chi connectivity index (χ0v) is 10.1. The Morgan fingerprint density at radius 1 is 1.50 bits per heavy atom. The monoisotopic (exact) mass is 263 g/mol. The first-order valence-electron chi connectivity index (χ1n) is 4.99. The summed E-state index contributed by atoms with van der Waals surface area (Å²) in [7, 11) is 0. The Hall–Kier alpha value is -2.21. The van der Waals surface area contributed by atoms with Crippen LogP contribution < -0.4 is 5.32 Å². The highest BCUT2D eigenvalue weighted by Gasteiger charge is 2.22. The molecule has 0 fully saturated rings. The van der Waals surface area contributed by atoms with Crippen LogP contribution in [0.25, 0.3) is 0 Å². The smallest absolute Gasteiger partial charge is 0.334 e. The van der Waals surface area contributed by atoms with Crippen LogP contribution in [0.5, 0.6) is 0 Å². The van der Waals surface area contributed by atoms with Crippen molar-refractivity contribution in [3.8, 4) is 0 Å². The molecule has 91 valence electrons. The molecule has 0 spiro atoms. The van der Waals surface area contributed by atoms with E-state index in [1.165, 1.54) is 0 Å². The zero-order chi connectivity index (χ0) is 13.1. The number of aryl methyl sites for hydroxylation is 1. The molecule has 0 atom stereocenters. The van der Waals surface area contributed by atoms with Gasteiger partial charge in [-0.1, -0.05) is 23.7 Å². The van der Waals surface area contributed by atoms with Gasteiger partial charge in [-0.25, -0.2) is 9.97 Å². The molecule has 1 radical (unpaired) electrons. The Bertz CT molecular complexity index is 589. The van der Waals surface area contributed by atoms with E-state index in [1.54, 1.807) is 31.2 Å². The van der Waals surface area contributed by atoms with Crippen LogP contribution in [0.15, 0.2) is 24.3 Å². The van der Waals surface area contributed by atoms with Crippen LogP contribution >= 0.6 is 11.6 Å². The third-order valence-corrected chi connectivity index (χ3v) is 2.37. The lowest BCUT2D eigenvalue weighted by Gasteiger charge is -2.07. The molecule has 0 aliphatic heterocycles. The van der Waals surface area contributed by atoms with Crippen LogP contribution in [0.3, 0.4) is 0 Å². The molecule has 1 aromatic carbocycles. The van der Waals surface area contributed by atoms with Gasteiger partial charge in [-0.15, -0.1) is 0 Å². The van der Waals surface area contributed by atoms with E-state index in [1.807, 2.05) is 0 Å². The second-order valence-electron chi connectivity index (χ2n) is 3.43. The van der Waals surface area contributed by atoms with Gasteiger partial charge in [0.1, 0.15) is 5.82 Å². The van der Waals surface area contributed by atoms with Crippen molar-refractivity contribution in [3.05, 3.63) is 51.4 Å². The van der Waals surface area contributed by atoms with Crippen molar-refractivity contribution in [2.75, 3.05) is 5.32 Å². The van der Waals surface area contributed by atoms with Crippen LogP contribution in [0.1, 0.15) is 5.82 Å². The Labute approximate surface area is 108 Å². The molecule has 2 rings (SSSR count). The van der Waals surface area contributed by atoms with Gasteiger partial charge in [-0.2, -0.15) is 0 Å². The minimum atomic E-state index is -0.614. The molecule has 18 heavy (non-hydrogen) atoms. The van der Waals surface area contributed by atoms with E-state index in [2.05, 4.69) is 21.4 Å². The normalized spacial score (nSPS) is 10.1. The van der Waals surface area contributed by atoms with Crippen molar-refractivity contribution in [1.29, 1.82) is 0 Å². The number of nitrogens with zero attached hydrogens (tertiary/aromatic N) is 3. The highest BCUT2D eigenvalue weighted by molar-refractivity contribution is 6.31. The maximum atomic E-state index is 10.9. The van der Waals surface area contributed by atoms with Crippen molar-refractivity contribution in [2.45, 2.75) is 6.92 Å². The highest BCUT2D eigenvalue weighted by atomic mass is 35.5. The number of rotatable bonds is 3. The van der Waals surface area contributed by atoms with Crippen LogP contribution in [0.2, 0.25) is 5.15 Å². The number of halogens is 1. The fraction of sp³-hybridized carbons (Fsp3) is 0.0909. The molecule has 0 unspecified atom stereocenters. The quantitative estimate of drug-likeness (QED) is 0.523. The van der Waals surface area contributed by atoms with Crippen LogP contribution in [-0.2, 0) is 0 Å². The molecule has 0 amide bonds. The van der Waals surface area contributed by atoms with Gasteiger partial charge in [0.2, 0.25) is 11.0 Å². The Kier molecular flexibility index (Phi) is 3.38. The van der Waals surface area contributed by atoms with Crippen LogP contribution in [0.4, 0.5) is 17.2 Å². The zero-order valence-electron chi connectivity index (χ0n) is 9.35. The summed E-state index contributed by atoms with van der Waals surface area (Å²) in [5.41, 5.74) is 0.292. The Morgan fingerprint density at radius 3 is 2.89 bits per heavy atom. The molecular weight excluding hydrogens is 256 g/mol. The first-order valence-corrected chi connectivity index (χ1v) is 5.37. The van der Waals surface area contributed by atoms with Gasteiger partial charge in [-0.05, 0) is 25.1 Å². The molecule has 0 saturated heterocycles.